The molecule has 2 N–H and O–H groups in total. The van der Waals surface area contributed by atoms with Crippen LogP contribution >= 0.6 is 0 Å². The molecule has 0 unspecified atom stereocenters. The van der Waals surface area contributed by atoms with E-state index in [0.717, 1.165) is 0 Å². The van der Waals surface area contributed by atoms with Gasteiger partial charge in [0, 0.05) is 14.2 Å². The predicted molar refractivity (Wildman–Crippen MR) is 53.6 cm³/mol. The third kappa shape index (κ3) is 5.81. The van der Waals surface area contributed by atoms with Gasteiger partial charge in [-0.2, -0.15) is 0 Å². The number of methoxy groups -OCH3 is 2. The fourth-order valence-corrected chi connectivity index (χ4v) is 1.89. The molecule has 0 atom stereocenters. The molecule has 0 heterocycles. The van der Waals surface area contributed by atoms with Crippen molar-refractivity contribution in [2.75, 3.05) is 14.2 Å². The normalized spacial score (nSPS) is 12.9. The predicted octanol–water partition coefficient (Wildman–Crippen LogP) is -2.25. The van der Waals surface area contributed by atoms with E-state index in [2.05, 4.69) is 39.9 Å². The van der Waals surface area contributed by atoms with Crippen LogP contribution in [0, 0.1) is 0 Å². The zero-order chi connectivity index (χ0) is 10.7. The fraction of sp³-hybridized carbons (Fsp3) is 1.00. The Kier molecular flexibility index (Phi) is 7.00. The summed E-state index contributed by atoms with van der Waals surface area (Å²) in [5.41, 5.74) is 0.112. The Hall–Kier alpha value is 0.170. The Morgan fingerprint density at radius 1 is 0.929 bits per heavy atom. The molecule has 0 fully saturated rings. The van der Waals surface area contributed by atoms with Crippen LogP contribution in [-0.4, -0.2) is 31.6 Å². The van der Waals surface area contributed by atoms with Crippen LogP contribution in [-0.2, 0) is 9.47 Å². The summed E-state index contributed by atoms with van der Waals surface area (Å²) in [5, 5.41) is 2.26. The number of halogens is 1. The molecule has 0 aromatic carbocycles. The molecule has 0 amide bonds. The summed E-state index contributed by atoms with van der Waals surface area (Å²) in [4.78, 5) is 0. The minimum absolute atomic E-state index is 0. The van der Waals surface area contributed by atoms with Crippen LogP contribution < -0.4 is 17.7 Å². The van der Waals surface area contributed by atoms with E-state index >= 15 is 0 Å². The molecule has 3 nitrogen and oxygen atoms in total. The molecule has 4 heteroatoms. The number of nitrogens with two attached hydrogens (primary N) is 1. The Bertz CT molecular complexity index is 151. The van der Waals surface area contributed by atoms with Gasteiger partial charge in [0.25, 0.3) is 0 Å². The second kappa shape index (κ2) is 5.91. The Morgan fingerprint density at radius 2 is 1.29 bits per heavy atom. The molecule has 0 saturated carbocycles. The smallest absolute Gasteiger partial charge is 0.212 e. The molecule has 0 aliphatic rings. The van der Waals surface area contributed by atoms with Crippen molar-refractivity contribution in [2.24, 2.45) is 0 Å². The summed E-state index contributed by atoms with van der Waals surface area (Å²) in [6, 6.07) is 0. The van der Waals surface area contributed by atoms with Crippen LogP contribution in [0.5, 0.6) is 0 Å². The van der Waals surface area contributed by atoms with E-state index in [9.17, 15) is 0 Å². The lowest BCUT2D eigenvalue weighted by atomic mass is 9.98. The zero-order valence-electron chi connectivity index (χ0n) is 10.3. The number of hydrogen-bond donors (Lipinski definition) is 1. The first kappa shape index (κ1) is 16.6. The second-order valence-electron chi connectivity index (χ2n) is 5.14. The van der Waals surface area contributed by atoms with Crippen LogP contribution in [0.4, 0.5) is 0 Å². The third-order valence-electron chi connectivity index (χ3n) is 1.84. The van der Waals surface area contributed by atoms with Crippen molar-refractivity contribution < 1.29 is 27.2 Å². The topological polar surface area (TPSA) is 35.1 Å². The zero-order valence-corrected chi connectivity index (χ0v) is 11.1. The number of hydrogen-bond acceptors (Lipinski definition) is 2. The average Bonchev–Trinajstić information content (AvgIpc) is 1.83. The van der Waals surface area contributed by atoms with Crippen molar-refractivity contribution in [1.29, 1.82) is 0 Å². The standard InChI is InChI=1S/C10H23NO2.ClH/c1-9(2,3)11-10(4,5)8(12-6)13-7;/h8,11H,1-7H3;1H. The highest BCUT2D eigenvalue weighted by Crippen LogP contribution is 2.09. The molecule has 0 radical (unpaired) electrons. The van der Waals surface area contributed by atoms with Gasteiger partial charge in [0.2, 0.25) is 6.29 Å². The Balaban J connectivity index is 0. The molecule has 0 spiro atoms. The maximum Gasteiger partial charge on any atom is 0.212 e. The van der Waals surface area contributed by atoms with Crippen molar-refractivity contribution in [3.05, 3.63) is 0 Å². The van der Waals surface area contributed by atoms with E-state index in [0.29, 0.717) is 0 Å². The highest BCUT2D eigenvalue weighted by molar-refractivity contribution is 4.72. The van der Waals surface area contributed by atoms with E-state index in [1.165, 1.54) is 0 Å². The summed E-state index contributed by atoms with van der Waals surface area (Å²) in [6.07, 6.45) is -0.174. The van der Waals surface area contributed by atoms with Gasteiger partial charge >= 0.3 is 0 Å². The van der Waals surface area contributed by atoms with Crippen molar-refractivity contribution >= 4 is 0 Å². The van der Waals surface area contributed by atoms with E-state index in [1.54, 1.807) is 14.2 Å². The van der Waals surface area contributed by atoms with Crippen molar-refractivity contribution in [3.63, 3.8) is 0 Å². The third-order valence-corrected chi connectivity index (χ3v) is 1.84. The highest BCUT2D eigenvalue weighted by atomic mass is 35.5. The van der Waals surface area contributed by atoms with E-state index in [-0.39, 0.29) is 29.8 Å². The summed E-state index contributed by atoms with van der Waals surface area (Å²) >= 11 is 0. The molecule has 0 aliphatic heterocycles. The minimum atomic E-state index is -0.174. The van der Waals surface area contributed by atoms with E-state index < -0.39 is 0 Å². The molecular weight excluding hydrogens is 202 g/mol. The first-order chi connectivity index (χ1) is 5.73. The summed E-state index contributed by atoms with van der Waals surface area (Å²) < 4.78 is 10.5. The summed E-state index contributed by atoms with van der Waals surface area (Å²) in [6.45, 7) is 10.8. The van der Waals surface area contributed by atoms with Gasteiger partial charge < -0.3 is 27.2 Å². The summed E-state index contributed by atoms with van der Waals surface area (Å²) in [7, 11) is 3.35. The lowest BCUT2D eigenvalue weighted by molar-refractivity contribution is -0.787. The quantitative estimate of drug-likeness (QED) is 0.549. The van der Waals surface area contributed by atoms with Gasteiger partial charge in [-0.3, -0.25) is 0 Å². The van der Waals surface area contributed by atoms with Crippen LogP contribution in [0.3, 0.4) is 0 Å². The maximum atomic E-state index is 5.26. The van der Waals surface area contributed by atoms with Gasteiger partial charge in [-0.25, -0.2) is 0 Å². The average molecular weight is 226 g/mol. The highest BCUT2D eigenvalue weighted by Gasteiger charge is 2.37. The maximum absolute atomic E-state index is 5.26. The lowest BCUT2D eigenvalue weighted by Gasteiger charge is -2.35. The van der Waals surface area contributed by atoms with E-state index in [1.807, 2.05) is 0 Å². The van der Waals surface area contributed by atoms with Crippen molar-refractivity contribution in [2.45, 2.75) is 52.0 Å². The molecule has 0 aromatic heterocycles. The Labute approximate surface area is 94.0 Å². The number of rotatable bonds is 4. The number of ether oxygens (including phenoxy) is 2. The van der Waals surface area contributed by atoms with Crippen LogP contribution in [0.2, 0.25) is 0 Å². The van der Waals surface area contributed by atoms with Gasteiger partial charge in [0.1, 0.15) is 5.54 Å². The molecule has 0 aromatic rings. The monoisotopic (exact) mass is 225 g/mol. The van der Waals surface area contributed by atoms with Gasteiger partial charge in [0.05, 0.1) is 5.54 Å². The fourth-order valence-electron chi connectivity index (χ4n) is 1.89. The largest absolute Gasteiger partial charge is 1.00 e. The van der Waals surface area contributed by atoms with Crippen LogP contribution in [0.1, 0.15) is 34.6 Å². The van der Waals surface area contributed by atoms with Gasteiger partial charge in [-0.15, -0.1) is 0 Å². The summed E-state index contributed by atoms with van der Waals surface area (Å²) in [5.74, 6) is 0. The lowest BCUT2D eigenvalue weighted by Crippen LogP contribution is -3.05. The molecule has 0 aliphatic carbocycles. The number of quaternary nitrogens is 1. The first-order valence-electron chi connectivity index (χ1n) is 4.65. The molecular formula is C10H24ClNO2. The van der Waals surface area contributed by atoms with Gasteiger partial charge in [-0.05, 0) is 34.6 Å². The first-order valence-corrected chi connectivity index (χ1v) is 4.65. The molecule has 88 valence electrons. The Morgan fingerprint density at radius 3 is 1.50 bits per heavy atom. The van der Waals surface area contributed by atoms with Gasteiger partial charge in [-0.1, -0.05) is 0 Å². The van der Waals surface area contributed by atoms with Crippen LogP contribution in [0.25, 0.3) is 0 Å². The van der Waals surface area contributed by atoms with E-state index in [4.69, 9.17) is 9.47 Å². The second-order valence-corrected chi connectivity index (χ2v) is 5.14. The minimum Gasteiger partial charge on any atom is -1.00 e. The van der Waals surface area contributed by atoms with Crippen molar-refractivity contribution in [1.82, 2.24) is 0 Å². The van der Waals surface area contributed by atoms with Crippen molar-refractivity contribution in [3.8, 4) is 0 Å². The molecule has 0 rings (SSSR count). The SMILES string of the molecule is COC(OC)C(C)(C)[NH2+]C(C)(C)C.[Cl-]. The molecule has 0 saturated heterocycles. The van der Waals surface area contributed by atoms with Gasteiger partial charge in [0.15, 0.2) is 0 Å². The molecule has 14 heavy (non-hydrogen) atoms. The van der Waals surface area contributed by atoms with Crippen LogP contribution in [0.15, 0.2) is 0 Å². The molecule has 0 bridgehead atoms.